The van der Waals surface area contributed by atoms with Gasteiger partial charge in [-0.25, -0.2) is 0 Å². The van der Waals surface area contributed by atoms with Gasteiger partial charge < -0.3 is 14.5 Å². The lowest BCUT2D eigenvalue weighted by Crippen LogP contribution is -2.40. The van der Waals surface area contributed by atoms with E-state index in [4.69, 9.17) is 9.15 Å². The molecular weight excluding hydrogens is 376 g/mol. The van der Waals surface area contributed by atoms with Gasteiger partial charge in [0.1, 0.15) is 12.4 Å². The van der Waals surface area contributed by atoms with Crippen LogP contribution in [0.4, 0.5) is 0 Å². The summed E-state index contributed by atoms with van der Waals surface area (Å²) in [6, 6.07) is 21.9. The van der Waals surface area contributed by atoms with E-state index in [9.17, 15) is 4.79 Å². The molecule has 4 rings (SSSR count). The zero-order chi connectivity index (χ0) is 20.6. The molecule has 0 aliphatic carbocycles. The second kappa shape index (κ2) is 10.1. The number of rotatable bonds is 8. The molecule has 1 unspecified atom stereocenters. The highest BCUT2D eigenvalue weighted by Gasteiger charge is 2.22. The molecule has 30 heavy (non-hydrogen) atoms. The minimum Gasteiger partial charge on any atom is -0.489 e. The number of nitrogens with zero attached hydrogens (tertiary/aromatic N) is 1. The predicted octanol–water partition coefficient (Wildman–Crippen LogP) is 4.50. The fraction of sp³-hybridized carbons (Fsp3) is 0.320. The highest BCUT2D eigenvalue weighted by Crippen LogP contribution is 2.19. The van der Waals surface area contributed by atoms with Crippen molar-refractivity contribution in [2.45, 2.75) is 26.0 Å². The quantitative estimate of drug-likeness (QED) is 0.601. The molecule has 5 nitrogen and oxygen atoms in total. The normalized spacial score (nSPS) is 16.9. The topological polar surface area (TPSA) is 54.7 Å². The Balaban J connectivity index is 1.27. The van der Waals surface area contributed by atoms with E-state index in [1.54, 1.807) is 12.3 Å². The van der Waals surface area contributed by atoms with E-state index in [0.717, 1.165) is 43.8 Å². The van der Waals surface area contributed by atoms with Crippen LogP contribution in [0.5, 0.6) is 5.75 Å². The van der Waals surface area contributed by atoms with Crippen LogP contribution in [-0.2, 0) is 13.2 Å². The van der Waals surface area contributed by atoms with Gasteiger partial charge in [-0.3, -0.25) is 9.69 Å². The Labute approximate surface area is 177 Å². The Morgan fingerprint density at radius 3 is 2.63 bits per heavy atom. The molecule has 1 aliphatic rings. The predicted molar refractivity (Wildman–Crippen MR) is 116 cm³/mol. The minimum atomic E-state index is -0.174. The van der Waals surface area contributed by atoms with Gasteiger partial charge >= 0.3 is 0 Å². The van der Waals surface area contributed by atoms with Gasteiger partial charge in [-0.15, -0.1) is 0 Å². The summed E-state index contributed by atoms with van der Waals surface area (Å²) < 4.78 is 11.2. The Kier molecular flexibility index (Phi) is 6.83. The van der Waals surface area contributed by atoms with Gasteiger partial charge in [0, 0.05) is 25.2 Å². The number of amides is 1. The van der Waals surface area contributed by atoms with Crippen LogP contribution in [0.2, 0.25) is 0 Å². The molecule has 2 heterocycles. The van der Waals surface area contributed by atoms with Crippen molar-refractivity contribution >= 4 is 5.91 Å². The van der Waals surface area contributed by atoms with Gasteiger partial charge in [-0.2, -0.15) is 0 Å². The number of hydrogen-bond acceptors (Lipinski definition) is 4. The van der Waals surface area contributed by atoms with Crippen molar-refractivity contribution in [1.82, 2.24) is 10.2 Å². The highest BCUT2D eigenvalue weighted by molar-refractivity contribution is 5.92. The summed E-state index contributed by atoms with van der Waals surface area (Å²) in [6.07, 6.45) is 3.83. The lowest BCUT2D eigenvalue weighted by molar-refractivity contribution is 0.0899. The van der Waals surface area contributed by atoms with Gasteiger partial charge in [0.2, 0.25) is 0 Å². The number of nitrogens with one attached hydrogen (secondary N) is 1. The molecule has 1 saturated heterocycles. The molecule has 1 aliphatic heterocycles. The molecule has 0 bridgehead atoms. The third-order valence-electron chi connectivity index (χ3n) is 5.49. The number of carbonyl (C=O) groups excluding carboxylic acids is 1. The largest absolute Gasteiger partial charge is 0.489 e. The summed E-state index contributed by atoms with van der Waals surface area (Å²) in [5.41, 5.74) is 2.09. The lowest BCUT2D eigenvalue weighted by atomic mass is 9.97. The van der Waals surface area contributed by atoms with Crippen LogP contribution in [0.3, 0.4) is 0 Å². The number of likely N-dealkylation sites (tertiary alicyclic amines) is 1. The monoisotopic (exact) mass is 404 g/mol. The van der Waals surface area contributed by atoms with Crippen molar-refractivity contribution in [3.8, 4) is 5.75 Å². The summed E-state index contributed by atoms with van der Waals surface area (Å²) in [4.78, 5) is 15.2. The molecule has 156 valence electrons. The molecule has 1 fully saturated rings. The smallest absolute Gasteiger partial charge is 0.287 e. The van der Waals surface area contributed by atoms with Crippen molar-refractivity contribution in [2.75, 3.05) is 19.6 Å². The first-order chi connectivity index (χ1) is 14.8. The molecule has 1 aromatic heterocycles. The van der Waals surface area contributed by atoms with Crippen LogP contribution >= 0.6 is 0 Å². The maximum absolute atomic E-state index is 12.7. The number of furan rings is 1. The Hall–Kier alpha value is -3.05. The Bertz CT molecular complexity index is 924. The summed E-state index contributed by atoms with van der Waals surface area (Å²) >= 11 is 0. The zero-order valence-corrected chi connectivity index (χ0v) is 17.1. The molecule has 5 heteroatoms. The van der Waals surface area contributed by atoms with Gasteiger partial charge in [-0.1, -0.05) is 48.5 Å². The van der Waals surface area contributed by atoms with Crippen molar-refractivity contribution in [3.63, 3.8) is 0 Å². The lowest BCUT2D eigenvalue weighted by Gasteiger charge is -2.32. The molecule has 0 spiro atoms. The standard InChI is InChI=1S/C25H28N2O3/c28-25(24-22(13-15-29-24)19-30-23-11-5-2-6-12-23)26-16-21-10-7-14-27(18-21)17-20-8-3-1-4-9-20/h1-6,8-9,11-13,15,21H,7,10,14,16-19H2,(H,26,28). The number of para-hydroxylation sites is 1. The third kappa shape index (κ3) is 5.51. The third-order valence-corrected chi connectivity index (χ3v) is 5.49. The summed E-state index contributed by atoms with van der Waals surface area (Å²) in [5, 5.41) is 3.06. The molecule has 3 aromatic rings. The molecule has 1 N–H and O–H groups in total. The van der Waals surface area contributed by atoms with E-state index < -0.39 is 0 Å². The Morgan fingerprint density at radius 2 is 1.83 bits per heavy atom. The molecular formula is C25H28N2O3. The van der Waals surface area contributed by atoms with Gasteiger partial charge in [0.15, 0.2) is 5.76 Å². The number of carbonyl (C=O) groups is 1. The average molecular weight is 405 g/mol. The number of piperidine rings is 1. The van der Waals surface area contributed by atoms with Crippen LogP contribution in [0, 0.1) is 5.92 Å². The highest BCUT2D eigenvalue weighted by atomic mass is 16.5. The Morgan fingerprint density at radius 1 is 1.07 bits per heavy atom. The van der Waals surface area contributed by atoms with E-state index in [2.05, 4.69) is 34.5 Å². The first kappa shape index (κ1) is 20.2. The second-order valence-corrected chi connectivity index (χ2v) is 7.82. The maximum Gasteiger partial charge on any atom is 0.287 e. The van der Waals surface area contributed by atoms with E-state index in [0.29, 0.717) is 24.8 Å². The van der Waals surface area contributed by atoms with Gasteiger partial charge in [0.25, 0.3) is 5.91 Å². The van der Waals surface area contributed by atoms with E-state index >= 15 is 0 Å². The molecule has 0 radical (unpaired) electrons. The number of hydrogen-bond donors (Lipinski definition) is 1. The van der Waals surface area contributed by atoms with Crippen LogP contribution < -0.4 is 10.1 Å². The summed E-state index contributed by atoms with van der Waals surface area (Å²) in [5.74, 6) is 1.38. The van der Waals surface area contributed by atoms with E-state index in [-0.39, 0.29) is 5.91 Å². The van der Waals surface area contributed by atoms with Crippen molar-refractivity contribution in [1.29, 1.82) is 0 Å². The fourth-order valence-electron chi connectivity index (χ4n) is 3.95. The van der Waals surface area contributed by atoms with Crippen molar-refractivity contribution in [2.24, 2.45) is 5.92 Å². The summed E-state index contributed by atoms with van der Waals surface area (Å²) in [6.45, 7) is 4.03. The minimum absolute atomic E-state index is 0.174. The number of benzene rings is 2. The molecule has 2 aromatic carbocycles. The average Bonchev–Trinajstić information content (AvgIpc) is 3.27. The molecule has 1 atom stereocenters. The molecule has 0 saturated carbocycles. The number of ether oxygens (including phenoxy) is 1. The van der Waals surface area contributed by atoms with Gasteiger partial charge in [-0.05, 0) is 49.1 Å². The van der Waals surface area contributed by atoms with Gasteiger partial charge in [0.05, 0.1) is 6.26 Å². The SMILES string of the molecule is O=C(NCC1CCCN(Cc2ccccc2)C1)c1occc1COc1ccccc1. The first-order valence-corrected chi connectivity index (χ1v) is 10.6. The van der Waals surface area contributed by atoms with Crippen LogP contribution in [0.1, 0.15) is 34.5 Å². The molecule has 1 amide bonds. The van der Waals surface area contributed by atoms with Crippen molar-refractivity contribution in [3.05, 3.63) is 89.9 Å². The first-order valence-electron chi connectivity index (χ1n) is 10.6. The van der Waals surface area contributed by atoms with E-state index in [1.165, 1.54) is 5.56 Å². The van der Waals surface area contributed by atoms with Crippen molar-refractivity contribution < 1.29 is 13.9 Å². The van der Waals surface area contributed by atoms with Crippen LogP contribution in [-0.4, -0.2) is 30.4 Å². The zero-order valence-electron chi connectivity index (χ0n) is 17.1. The summed E-state index contributed by atoms with van der Waals surface area (Å²) in [7, 11) is 0. The second-order valence-electron chi connectivity index (χ2n) is 7.82. The van der Waals surface area contributed by atoms with Crippen LogP contribution in [0.15, 0.2) is 77.4 Å². The fourth-order valence-corrected chi connectivity index (χ4v) is 3.95. The van der Waals surface area contributed by atoms with E-state index in [1.807, 2.05) is 36.4 Å². The maximum atomic E-state index is 12.7. The van der Waals surface area contributed by atoms with Crippen LogP contribution in [0.25, 0.3) is 0 Å².